The van der Waals surface area contributed by atoms with Crippen molar-refractivity contribution in [3.05, 3.63) is 29.8 Å². The summed E-state index contributed by atoms with van der Waals surface area (Å²) in [5.41, 5.74) is 0.701. The molecule has 0 unspecified atom stereocenters. The third kappa shape index (κ3) is 4.68. The topological polar surface area (TPSA) is 84.8 Å². The molecule has 1 aliphatic carbocycles. The van der Waals surface area contributed by atoms with Gasteiger partial charge in [0.25, 0.3) is 0 Å². The first kappa shape index (κ1) is 19.0. The maximum Gasteiger partial charge on any atom is 0.314 e. The van der Waals surface area contributed by atoms with Crippen molar-refractivity contribution in [1.82, 2.24) is 15.5 Å². The van der Waals surface area contributed by atoms with Gasteiger partial charge < -0.3 is 20.8 Å². The molecule has 1 aromatic rings. The number of likely N-dealkylation sites (tertiary alicyclic amines) is 1. The van der Waals surface area contributed by atoms with Crippen molar-refractivity contribution in [2.24, 2.45) is 0 Å². The molecule has 1 aliphatic heterocycles. The summed E-state index contributed by atoms with van der Waals surface area (Å²) in [6.07, 6.45) is 7.75. The van der Waals surface area contributed by atoms with E-state index in [4.69, 9.17) is 0 Å². The minimum atomic E-state index is -0.838. The molecule has 144 valence electrons. The first-order valence-corrected chi connectivity index (χ1v) is 9.83. The lowest BCUT2D eigenvalue weighted by Gasteiger charge is -2.43. The van der Waals surface area contributed by atoms with E-state index in [1.54, 1.807) is 18.2 Å². The van der Waals surface area contributed by atoms with Crippen LogP contribution in [0.2, 0.25) is 0 Å². The summed E-state index contributed by atoms with van der Waals surface area (Å²) >= 11 is 0. The van der Waals surface area contributed by atoms with Crippen molar-refractivity contribution in [2.45, 2.75) is 56.6 Å². The van der Waals surface area contributed by atoms with Crippen molar-refractivity contribution < 1.29 is 15.0 Å². The molecule has 0 aromatic heterocycles. The number of hydrogen-bond donors (Lipinski definition) is 4. The van der Waals surface area contributed by atoms with Crippen LogP contribution in [0.3, 0.4) is 0 Å². The first-order chi connectivity index (χ1) is 12.6. The molecule has 2 amide bonds. The Morgan fingerprint density at radius 2 is 1.85 bits per heavy atom. The molecule has 1 heterocycles. The van der Waals surface area contributed by atoms with Gasteiger partial charge in [-0.05, 0) is 56.5 Å². The Hall–Kier alpha value is -1.79. The van der Waals surface area contributed by atoms with E-state index >= 15 is 0 Å². The van der Waals surface area contributed by atoms with Crippen molar-refractivity contribution >= 4 is 6.03 Å². The predicted molar refractivity (Wildman–Crippen MR) is 101 cm³/mol. The molecule has 26 heavy (non-hydrogen) atoms. The third-order valence-corrected chi connectivity index (χ3v) is 5.85. The molecule has 2 aliphatic rings. The van der Waals surface area contributed by atoms with Gasteiger partial charge in [0.2, 0.25) is 0 Å². The summed E-state index contributed by atoms with van der Waals surface area (Å²) in [4.78, 5) is 14.8. The number of amides is 2. The van der Waals surface area contributed by atoms with Gasteiger partial charge in [0.15, 0.2) is 0 Å². The van der Waals surface area contributed by atoms with Crippen LogP contribution < -0.4 is 10.6 Å². The quantitative estimate of drug-likeness (QED) is 0.627. The van der Waals surface area contributed by atoms with Crippen molar-refractivity contribution in [1.29, 1.82) is 0 Å². The number of carbonyl (C=O) groups is 1. The lowest BCUT2D eigenvalue weighted by Crippen LogP contribution is -2.56. The van der Waals surface area contributed by atoms with Crippen molar-refractivity contribution in [3.63, 3.8) is 0 Å². The summed E-state index contributed by atoms with van der Waals surface area (Å²) in [6, 6.07) is 6.23. The predicted octanol–water partition coefficient (Wildman–Crippen LogP) is 2.52. The Kier molecular flexibility index (Phi) is 6.38. The summed E-state index contributed by atoms with van der Waals surface area (Å²) in [5, 5.41) is 25.4. The second-order valence-corrected chi connectivity index (χ2v) is 7.65. The number of phenolic OH excluding ortho intramolecular Hbond substituents is 1. The van der Waals surface area contributed by atoms with E-state index in [1.807, 2.05) is 0 Å². The zero-order valence-corrected chi connectivity index (χ0v) is 15.4. The zero-order chi connectivity index (χ0) is 18.4. The molecule has 0 spiro atoms. The van der Waals surface area contributed by atoms with E-state index in [-0.39, 0.29) is 23.9 Å². The molecular formula is C20H31N3O3. The summed E-state index contributed by atoms with van der Waals surface area (Å²) in [7, 11) is 0. The minimum absolute atomic E-state index is 0.107. The summed E-state index contributed by atoms with van der Waals surface area (Å²) in [6.45, 7) is 3.06. The van der Waals surface area contributed by atoms with Gasteiger partial charge in [0.05, 0.1) is 6.10 Å². The van der Waals surface area contributed by atoms with Gasteiger partial charge in [-0.25, -0.2) is 4.79 Å². The number of benzene rings is 1. The highest BCUT2D eigenvalue weighted by Gasteiger charge is 2.39. The second-order valence-electron chi connectivity index (χ2n) is 7.65. The summed E-state index contributed by atoms with van der Waals surface area (Å²) < 4.78 is 0. The molecule has 1 aromatic carbocycles. The lowest BCUT2D eigenvalue weighted by atomic mass is 9.92. The van der Waals surface area contributed by atoms with Gasteiger partial charge in [-0.15, -0.1) is 0 Å². The monoisotopic (exact) mass is 361 g/mol. The highest BCUT2D eigenvalue weighted by Crippen LogP contribution is 2.36. The number of aliphatic hydroxyl groups is 1. The fourth-order valence-corrected chi connectivity index (χ4v) is 4.35. The fourth-order valence-electron chi connectivity index (χ4n) is 4.35. The maximum atomic E-state index is 12.2. The number of nitrogens with zero attached hydrogens (tertiary/aromatic N) is 1. The lowest BCUT2D eigenvalue weighted by molar-refractivity contribution is 0.0715. The number of hydrogen-bond acceptors (Lipinski definition) is 4. The van der Waals surface area contributed by atoms with Crippen LogP contribution in [0, 0.1) is 0 Å². The fraction of sp³-hybridized carbons (Fsp3) is 0.650. The Balaban J connectivity index is 1.48. The van der Waals surface area contributed by atoms with Gasteiger partial charge in [0.1, 0.15) is 5.75 Å². The van der Waals surface area contributed by atoms with Crippen LogP contribution in [0.15, 0.2) is 24.3 Å². The smallest absolute Gasteiger partial charge is 0.314 e. The van der Waals surface area contributed by atoms with Crippen molar-refractivity contribution in [2.75, 3.05) is 26.2 Å². The summed E-state index contributed by atoms with van der Waals surface area (Å²) in [5.74, 6) is 0.107. The van der Waals surface area contributed by atoms with E-state index in [1.165, 1.54) is 38.2 Å². The molecule has 1 saturated carbocycles. The zero-order valence-electron chi connectivity index (χ0n) is 15.4. The normalized spacial score (nSPS) is 21.3. The standard InChI is InChI=1S/C20H31N3O3/c24-17-8-6-7-16(13-17)18(25)14-21-19(26)22-15-20(9-2-3-10-20)23-11-4-1-5-12-23/h6-8,13,18,24-25H,1-5,9-12,14-15H2,(H2,21,22,26)/t18-/m1/s1. The van der Waals surface area contributed by atoms with E-state index in [9.17, 15) is 15.0 Å². The van der Waals surface area contributed by atoms with Crippen LogP contribution in [0.1, 0.15) is 56.6 Å². The molecule has 0 radical (unpaired) electrons. The van der Waals surface area contributed by atoms with Gasteiger partial charge in [-0.2, -0.15) is 0 Å². The first-order valence-electron chi connectivity index (χ1n) is 9.83. The van der Waals surface area contributed by atoms with Crippen molar-refractivity contribution in [3.8, 4) is 5.75 Å². The Labute approximate surface area is 155 Å². The molecule has 6 heteroatoms. The SMILES string of the molecule is O=C(NC[C@@H](O)c1cccc(O)c1)NCC1(N2CCCCC2)CCCC1. The number of aromatic hydroxyl groups is 1. The molecule has 4 N–H and O–H groups in total. The molecule has 3 rings (SSSR count). The number of aliphatic hydroxyl groups excluding tert-OH is 1. The van der Waals surface area contributed by atoms with E-state index in [0.717, 1.165) is 25.9 Å². The van der Waals surface area contributed by atoms with Gasteiger partial charge in [-0.1, -0.05) is 31.4 Å². The average Bonchev–Trinajstić information content (AvgIpc) is 3.15. The number of phenols is 1. The van der Waals surface area contributed by atoms with E-state index in [0.29, 0.717) is 12.1 Å². The molecule has 2 fully saturated rings. The van der Waals surface area contributed by atoms with Crippen LogP contribution in [-0.4, -0.2) is 52.9 Å². The van der Waals surface area contributed by atoms with Gasteiger partial charge >= 0.3 is 6.03 Å². The average molecular weight is 361 g/mol. The van der Waals surface area contributed by atoms with Crippen LogP contribution in [0.25, 0.3) is 0 Å². The molecule has 1 atom stereocenters. The Bertz CT molecular complexity index is 596. The highest BCUT2D eigenvalue weighted by atomic mass is 16.3. The molecule has 1 saturated heterocycles. The largest absolute Gasteiger partial charge is 0.508 e. The third-order valence-electron chi connectivity index (χ3n) is 5.85. The van der Waals surface area contributed by atoms with Crippen LogP contribution in [-0.2, 0) is 0 Å². The molecule has 0 bridgehead atoms. The van der Waals surface area contributed by atoms with Crippen LogP contribution in [0.4, 0.5) is 4.79 Å². The Morgan fingerprint density at radius 3 is 2.54 bits per heavy atom. The number of piperidine rings is 1. The highest BCUT2D eigenvalue weighted by molar-refractivity contribution is 5.74. The van der Waals surface area contributed by atoms with E-state index in [2.05, 4.69) is 15.5 Å². The second kappa shape index (κ2) is 8.73. The minimum Gasteiger partial charge on any atom is -0.508 e. The number of carbonyl (C=O) groups excluding carboxylic acids is 1. The maximum absolute atomic E-state index is 12.2. The number of rotatable bonds is 6. The molecule has 6 nitrogen and oxygen atoms in total. The van der Waals surface area contributed by atoms with Crippen LogP contribution >= 0.6 is 0 Å². The molecular weight excluding hydrogens is 330 g/mol. The number of nitrogens with one attached hydrogen (secondary N) is 2. The van der Waals surface area contributed by atoms with Gasteiger partial charge in [-0.3, -0.25) is 4.90 Å². The van der Waals surface area contributed by atoms with E-state index < -0.39 is 6.10 Å². The Morgan fingerprint density at radius 1 is 1.12 bits per heavy atom. The van der Waals surface area contributed by atoms with Crippen LogP contribution in [0.5, 0.6) is 5.75 Å². The van der Waals surface area contributed by atoms with Gasteiger partial charge in [0, 0.05) is 18.6 Å². The number of urea groups is 1.